The maximum atomic E-state index is 11.7. The molecule has 0 aromatic carbocycles. The highest BCUT2D eigenvalue weighted by Crippen LogP contribution is 2.29. The standard InChI is InChI=1S/C10H14N2O2S/c1-14-5-9-12-7-2-6(4-11)3-8(13)10(7)15-9/h6H,2-5,11H2,1H3. The molecule has 15 heavy (non-hydrogen) atoms. The van der Waals surface area contributed by atoms with E-state index in [1.165, 1.54) is 11.3 Å². The van der Waals surface area contributed by atoms with E-state index in [0.29, 0.717) is 19.6 Å². The summed E-state index contributed by atoms with van der Waals surface area (Å²) >= 11 is 1.45. The first-order valence-corrected chi connectivity index (χ1v) is 5.77. The van der Waals surface area contributed by atoms with Crippen LogP contribution in [-0.4, -0.2) is 24.4 Å². The monoisotopic (exact) mass is 226 g/mol. The fourth-order valence-corrected chi connectivity index (χ4v) is 2.82. The van der Waals surface area contributed by atoms with Crippen molar-refractivity contribution in [3.05, 3.63) is 15.6 Å². The molecule has 4 nitrogen and oxygen atoms in total. The summed E-state index contributed by atoms with van der Waals surface area (Å²) in [5, 5.41) is 0.883. The van der Waals surface area contributed by atoms with Gasteiger partial charge in [-0.3, -0.25) is 4.79 Å². The lowest BCUT2D eigenvalue weighted by Gasteiger charge is -2.17. The normalized spacial score (nSPS) is 20.4. The fourth-order valence-electron chi connectivity index (χ4n) is 1.81. The molecule has 0 radical (unpaired) electrons. The molecule has 1 unspecified atom stereocenters. The van der Waals surface area contributed by atoms with Crippen LogP contribution in [0.2, 0.25) is 0 Å². The minimum Gasteiger partial charge on any atom is -0.378 e. The van der Waals surface area contributed by atoms with E-state index in [0.717, 1.165) is 22.0 Å². The Morgan fingerprint density at radius 2 is 2.40 bits per heavy atom. The number of fused-ring (bicyclic) bond motifs is 1. The van der Waals surface area contributed by atoms with Gasteiger partial charge in [0.25, 0.3) is 0 Å². The van der Waals surface area contributed by atoms with Crippen molar-refractivity contribution in [3.8, 4) is 0 Å². The highest BCUT2D eigenvalue weighted by molar-refractivity contribution is 7.13. The number of ether oxygens (including phenoxy) is 1. The van der Waals surface area contributed by atoms with E-state index in [9.17, 15) is 4.79 Å². The average Bonchev–Trinajstić information content (AvgIpc) is 2.61. The number of hydrogen-bond donors (Lipinski definition) is 1. The predicted octanol–water partition coefficient (Wildman–Crippen LogP) is 0.993. The molecule has 1 heterocycles. The first kappa shape index (κ1) is 10.7. The fraction of sp³-hybridized carbons (Fsp3) is 0.600. The SMILES string of the molecule is COCc1nc2c(s1)C(=O)CC(CN)C2. The van der Waals surface area contributed by atoms with Crippen LogP contribution in [0.1, 0.15) is 26.8 Å². The number of hydrogen-bond acceptors (Lipinski definition) is 5. The number of aromatic nitrogens is 1. The molecule has 1 aliphatic carbocycles. The summed E-state index contributed by atoms with van der Waals surface area (Å²) in [6.45, 7) is 1.04. The second-order valence-electron chi connectivity index (χ2n) is 3.75. The van der Waals surface area contributed by atoms with Gasteiger partial charge in [-0.1, -0.05) is 0 Å². The maximum absolute atomic E-state index is 11.7. The number of nitrogens with two attached hydrogens (primary N) is 1. The van der Waals surface area contributed by atoms with Crippen LogP contribution in [-0.2, 0) is 17.8 Å². The third-order valence-corrected chi connectivity index (χ3v) is 3.66. The van der Waals surface area contributed by atoms with E-state index >= 15 is 0 Å². The van der Waals surface area contributed by atoms with E-state index in [-0.39, 0.29) is 11.7 Å². The topological polar surface area (TPSA) is 65.2 Å². The van der Waals surface area contributed by atoms with Crippen molar-refractivity contribution in [2.24, 2.45) is 11.7 Å². The van der Waals surface area contributed by atoms with Gasteiger partial charge in [-0.15, -0.1) is 11.3 Å². The van der Waals surface area contributed by atoms with Gasteiger partial charge in [-0.05, 0) is 18.9 Å². The molecule has 0 bridgehead atoms. The number of nitrogens with zero attached hydrogens (tertiary/aromatic N) is 1. The summed E-state index contributed by atoms with van der Waals surface area (Å²) in [5.41, 5.74) is 6.50. The van der Waals surface area contributed by atoms with Crippen molar-refractivity contribution in [1.29, 1.82) is 0 Å². The van der Waals surface area contributed by atoms with E-state index in [1.54, 1.807) is 7.11 Å². The molecule has 0 amide bonds. The van der Waals surface area contributed by atoms with Crippen LogP contribution < -0.4 is 5.73 Å². The lowest BCUT2D eigenvalue weighted by atomic mass is 9.90. The van der Waals surface area contributed by atoms with Crippen LogP contribution in [0.25, 0.3) is 0 Å². The Bertz CT molecular complexity index is 375. The molecule has 1 aliphatic rings. The highest BCUT2D eigenvalue weighted by Gasteiger charge is 2.27. The second kappa shape index (κ2) is 4.38. The molecule has 2 N–H and O–H groups in total. The molecule has 0 saturated heterocycles. The molecule has 0 fully saturated rings. The quantitative estimate of drug-likeness (QED) is 0.834. The summed E-state index contributed by atoms with van der Waals surface area (Å²) in [7, 11) is 1.63. The van der Waals surface area contributed by atoms with Gasteiger partial charge in [0, 0.05) is 13.5 Å². The van der Waals surface area contributed by atoms with Gasteiger partial charge in [-0.2, -0.15) is 0 Å². The highest BCUT2D eigenvalue weighted by atomic mass is 32.1. The van der Waals surface area contributed by atoms with E-state index < -0.39 is 0 Å². The van der Waals surface area contributed by atoms with Crippen molar-refractivity contribution >= 4 is 17.1 Å². The molecule has 0 aliphatic heterocycles. The molecule has 2 rings (SSSR count). The first-order chi connectivity index (χ1) is 7.24. The van der Waals surface area contributed by atoms with Crippen molar-refractivity contribution in [2.45, 2.75) is 19.4 Å². The Balaban J connectivity index is 2.25. The molecular weight excluding hydrogens is 212 g/mol. The Labute approximate surface area is 92.5 Å². The van der Waals surface area contributed by atoms with Crippen LogP contribution in [0.5, 0.6) is 0 Å². The second-order valence-corrected chi connectivity index (χ2v) is 4.83. The van der Waals surface area contributed by atoms with Crippen LogP contribution in [0.4, 0.5) is 0 Å². The van der Waals surface area contributed by atoms with Crippen LogP contribution in [0.3, 0.4) is 0 Å². The molecule has 82 valence electrons. The molecule has 1 aromatic rings. The number of thiazole rings is 1. The van der Waals surface area contributed by atoms with Gasteiger partial charge >= 0.3 is 0 Å². The van der Waals surface area contributed by atoms with Crippen LogP contribution in [0.15, 0.2) is 0 Å². The van der Waals surface area contributed by atoms with E-state index in [1.807, 2.05) is 0 Å². The lowest BCUT2D eigenvalue weighted by Crippen LogP contribution is -2.25. The van der Waals surface area contributed by atoms with Gasteiger partial charge in [0.1, 0.15) is 5.01 Å². The zero-order chi connectivity index (χ0) is 10.8. The van der Waals surface area contributed by atoms with E-state index in [4.69, 9.17) is 10.5 Å². The summed E-state index contributed by atoms with van der Waals surface area (Å²) in [6, 6.07) is 0. The summed E-state index contributed by atoms with van der Waals surface area (Å²) in [6.07, 6.45) is 1.40. The summed E-state index contributed by atoms with van der Waals surface area (Å²) in [4.78, 5) is 17.0. The molecule has 0 spiro atoms. The molecule has 0 saturated carbocycles. The molecule has 1 atom stereocenters. The average molecular weight is 226 g/mol. The van der Waals surface area contributed by atoms with Crippen molar-refractivity contribution in [3.63, 3.8) is 0 Å². The number of carbonyl (C=O) groups is 1. The number of Topliss-reactive ketones (excluding diaryl/α,β-unsaturated/α-hetero) is 1. The largest absolute Gasteiger partial charge is 0.378 e. The van der Waals surface area contributed by atoms with Gasteiger partial charge in [0.05, 0.1) is 17.2 Å². The summed E-state index contributed by atoms with van der Waals surface area (Å²) < 4.78 is 5.01. The van der Waals surface area contributed by atoms with Crippen LogP contribution >= 0.6 is 11.3 Å². The zero-order valence-electron chi connectivity index (χ0n) is 8.66. The van der Waals surface area contributed by atoms with Gasteiger partial charge in [0.2, 0.25) is 0 Å². The van der Waals surface area contributed by atoms with E-state index in [2.05, 4.69) is 4.98 Å². The third-order valence-electron chi connectivity index (χ3n) is 2.55. The Morgan fingerprint density at radius 3 is 3.07 bits per heavy atom. The summed E-state index contributed by atoms with van der Waals surface area (Å²) in [5.74, 6) is 0.453. The number of carbonyl (C=O) groups excluding carboxylic acids is 1. The number of rotatable bonds is 3. The molecular formula is C10H14N2O2S. The maximum Gasteiger partial charge on any atom is 0.175 e. The minimum absolute atomic E-state index is 0.187. The Hall–Kier alpha value is -0.780. The molecule has 1 aromatic heterocycles. The first-order valence-electron chi connectivity index (χ1n) is 4.95. The minimum atomic E-state index is 0.187. The van der Waals surface area contributed by atoms with Gasteiger partial charge in [0.15, 0.2) is 5.78 Å². The van der Waals surface area contributed by atoms with Gasteiger partial charge < -0.3 is 10.5 Å². The molecule has 5 heteroatoms. The van der Waals surface area contributed by atoms with Crippen molar-refractivity contribution < 1.29 is 9.53 Å². The van der Waals surface area contributed by atoms with Crippen LogP contribution in [0, 0.1) is 5.92 Å². The zero-order valence-corrected chi connectivity index (χ0v) is 9.47. The Morgan fingerprint density at radius 1 is 1.60 bits per heavy atom. The van der Waals surface area contributed by atoms with Crippen molar-refractivity contribution in [2.75, 3.05) is 13.7 Å². The number of ketones is 1. The number of methoxy groups -OCH3 is 1. The lowest BCUT2D eigenvalue weighted by molar-refractivity contribution is 0.0954. The smallest absolute Gasteiger partial charge is 0.175 e. The third kappa shape index (κ3) is 2.09. The van der Waals surface area contributed by atoms with Gasteiger partial charge in [-0.25, -0.2) is 4.98 Å². The Kier molecular flexibility index (Phi) is 3.14. The predicted molar refractivity (Wildman–Crippen MR) is 58.0 cm³/mol. The van der Waals surface area contributed by atoms with Crippen molar-refractivity contribution in [1.82, 2.24) is 4.98 Å².